The van der Waals surface area contributed by atoms with Gasteiger partial charge in [0.15, 0.2) is 11.0 Å². The van der Waals surface area contributed by atoms with E-state index in [0.717, 1.165) is 17.3 Å². The number of aryl methyl sites for hydroxylation is 1. The summed E-state index contributed by atoms with van der Waals surface area (Å²) in [6, 6.07) is 11.7. The molecule has 0 aliphatic heterocycles. The molecule has 7 nitrogen and oxygen atoms in total. The van der Waals surface area contributed by atoms with Crippen LogP contribution in [-0.4, -0.2) is 32.3 Å². The molecule has 3 aromatic rings. The molecule has 0 unspecified atom stereocenters. The summed E-state index contributed by atoms with van der Waals surface area (Å²) in [5, 5.41) is 14.2. The molecule has 3 rings (SSSR count). The van der Waals surface area contributed by atoms with Crippen molar-refractivity contribution >= 4 is 45.2 Å². The molecule has 0 bridgehead atoms. The number of nitrogens with one attached hydrogen (secondary N) is 2. The molecule has 2 amide bonds. The van der Waals surface area contributed by atoms with Crippen LogP contribution in [0, 0.1) is 12.7 Å². The molecular weight excluding hydrogens is 497 g/mol. The minimum Gasteiger partial charge on any atom is -0.345 e. The van der Waals surface area contributed by atoms with Crippen molar-refractivity contribution in [1.29, 1.82) is 0 Å². The highest BCUT2D eigenvalue weighted by atomic mass is 79.9. The lowest BCUT2D eigenvalue weighted by molar-refractivity contribution is -0.113. The highest BCUT2D eigenvalue weighted by Gasteiger charge is 2.16. The third-order valence-electron chi connectivity index (χ3n) is 4.44. The van der Waals surface area contributed by atoms with Crippen LogP contribution in [-0.2, 0) is 17.9 Å². The van der Waals surface area contributed by atoms with Gasteiger partial charge in [-0.05, 0) is 36.8 Å². The standard InChI is InChI=1S/C22H21BrFN5O2S/c1-3-10-29-19(12-25-21(31)16-7-5-4-6-14(16)2)27-28-22(29)32-13-20(30)26-18-9-8-15(23)11-17(18)24/h3-9,11H,1,10,12-13H2,2H3,(H,25,31)(H,26,30). The van der Waals surface area contributed by atoms with Crippen LogP contribution < -0.4 is 10.6 Å². The van der Waals surface area contributed by atoms with E-state index in [-0.39, 0.29) is 29.8 Å². The number of aromatic nitrogens is 3. The largest absolute Gasteiger partial charge is 0.345 e. The second-order valence-electron chi connectivity index (χ2n) is 6.76. The minimum absolute atomic E-state index is 0.0142. The fraction of sp³-hybridized carbons (Fsp3) is 0.182. The molecule has 10 heteroatoms. The van der Waals surface area contributed by atoms with E-state index in [0.29, 0.717) is 27.6 Å². The van der Waals surface area contributed by atoms with Crippen molar-refractivity contribution in [2.75, 3.05) is 11.1 Å². The van der Waals surface area contributed by atoms with E-state index < -0.39 is 5.82 Å². The number of carbonyl (C=O) groups excluding carboxylic acids is 2. The maximum atomic E-state index is 13.9. The van der Waals surface area contributed by atoms with Crippen LogP contribution in [0.3, 0.4) is 0 Å². The molecule has 2 N–H and O–H groups in total. The third kappa shape index (κ3) is 6.04. The molecule has 0 radical (unpaired) electrons. The van der Waals surface area contributed by atoms with Gasteiger partial charge in [-0.25, -0.2) is 4.39 Å². The molecule has 0 atom stereocenters. The molecule has 0 spiro atoms. The number of amides is 2. The molecule has 1 aromatic heterocycles. The number of halogens is 2. The van der Waals surface area contributed by atoms with Crippen molar-refractivity contribution < 1.29 is 14.0 Å². The van der Waals surface area contributed by atoms with Crippen molar-refractivity contribution in [3.63, 3.8) is 0 Å². The number of hydrogen-bond donors (Lipinski definition) is 2. The summed E-state index contributed by atoms with van der Waals surface area (Å²) in [6.45, 7) is 6.19. The summed E-state index contributed by atoms with van der Waals surface area (Å²) in [6.07, 6.45) is 1.68. The maximum absolute atomic E-state index is 13.9. The Hall–Kier alpha value is -2.98. The molecule has 0 aliphatic rings. The summed E-state index contributed by atoms with van der Waals surface area (Å²) in [7, 11) is 0. The van der Waals surface area contributed by atoms with Crippen LogP contribution >= 0.6 is 27.7 Å². The maximum Gasteiger partial charge on any atom is 0.251 e. The van der Waals surface area contributed by atoms with E-state index in [2.05, 4.69) is 43.3 Å². The zero-order valence-electron chi connectivity index (χ0n) is 17.3. The molecule has 32 heavy (non-hydrogen) atoms. The fourth-order valence-electron chi connectivity index (χ4n) is 2.86. The zero-order valence-corrected chi connectivity index (χ0v) is 19.7. The van der Waals surface area contributed by atoms with Gasteiger partial charge < -0.3 is 15.2 Å². The monoisotopic (exact) mass is 517 g/mol. The van der Waals surface area contributed by atoms with Crippen molar-refractivity contribution in [3.05, 3.63) is 82.4 Å². The number of benzene rings is 2. The van der Waals surface area contributed by atoms with Gasteiger partial charge in [0.05, 0.1) is 18.0 Å². The Morgan fingerprint density at radius 1 is 1.25 bits per heavy atom. The van der Waals surface area contributed by atoms with E-state index in [1.165, 1.54) is 12.1 Å². The Bertz CT molecular complexity index is 1150. The minimum atomic E-state index is -0.528. The first-order chi connectivity index (χ1) is 15.4. The summed E-state index contributed by atoms with van der Waals surface area (Å²) >= 11 is 4.34. The third-order valence-corrected chi connectivity index (χ3v) is 5.90. The van der Waals surface area contributed by atoms with E-state index in [1.54, 1.807) is 22.8 Å². The van der Waals surface area contributed by atoms with Crippen molar-refractivity contribution in [2.24, 2.45) is 0 Å². The number of allylic oxidation sites excluding steroid dienone is 1. The van der Waals surface area contributed by atoms with Crippen LogP contribution in [0.25, 0.3) is 0 Å². The van der Waals surface area contributed by atoms with Crippen LogP contribution in [0.1, 0.15) is 21.7 Å². The molecule has 166 valence electrons. The van der Waals surface area contributed by atoms with Gasteiger partial charge in [-0.15, -0.1) is 16.8 Å². The first kappa shape index (κ1) is 23.7. The summed E-state index contributed by atoms with van der Waals surface area (Å²) in [5.74, 6) is -0.562. The van der Waals surface area contributed by atoms with Gasteiger partial charge >= 0.3 is 0 Å². The second-order valence-corrected chi connectivity index (χ2v) is 8.61. The zero-order chi connectivity index (χ0) is 23.1. The molecular formula is C22H21BrFN5O2S. The van der Waals surface area contributed by atoms with Crippen LogP contribution in [0.4, 0.5) is 10.1 Å². The van der Waals surface area contributed by atoms with Gasteiger partial charge in [0.1, 0.15) is 5.82 Å². The number of nitrogens with zero attached hydrogens (tertiary/aromatic N) is 3. The lowest BCUT2D eigenvalue weighted by Gasteiger charge is -2.10. The summed E-state index contributed by atoms with van der Waals surface area (Å²) in [5.41, 5.74) is 1.57. The van der Waals surface area contributed by atoms with Gasteiger partial charge in [0.2, 0.25) is 5.91 Å². The molecule has 0 saturated heterocycles. The van der Waals surface area contributed by atoms with Crippen molar-refractivity contribution in [2.45, 2.75) is 25.2 Å². The second kappa shape index (κ2) is 11.1. The Morgan fingerprint density at radius 3 is 2.75 bits per heavy atom. The Kier molecular flexibility index (Phi) is 8.18. The fourth-order valence-corrected chi connectivity index (χ4v) is 3.96. The van der Waals surface area contributed by atoms with E-state index >= 15 is 0 Å². The van der Waals surface area contributed by atoms with Gasteiger partial charge in [0, 0.05) is 16.6 Å². The van der Waals surface area contributed by atoms with Crippen LogP contribution in [0.5, 0.6) is 0 Å². The smallest absolute Gasteiger partial charge is 0.251 e. The first-order valence-corrected chi connectivity index (χ1v) is 11.4. The predicted octanol–water partition coefficient (Wildman–Crippen LogP) is 4.33. The Labute approximate surface area is 197 Å². The predicted molar refractivity (Wildman–Crippen MR) is 126 cm³/mol. The quantitative estimate of drug-likeness (QED) is 0.325. The van der Waals surface area contributed by atoms with E-state index in [4.69, 9.17) is 0 Å². The SMILES string of the molecule is C=CCn1c(CNC(=O)c2ccccc2C)nnc1SCC(=O)Nc1ccc(Br)cc1F. The van der Waals surface area contributed by atoms with Gasteiger partial charge in [0.25, 0.3) is 5.91 Å². The molecule has 2 aromatic carbocycles. The lowest BCUT2D eigenvalue weighted by atomic mass is 10.1. The van der Waals surface area contributed by atoms with Crippen molar-refractivity contribution in [1.82, 2.24) is 20.1 Å². The van der Waals surface area contributed by atoms with Crippen LogP contribution in [0.15, 0.2) is 64.7 Å². The number of thioether (sulfide) groups is 1. The van der Waals surface area contributed by atoms with E-state index in [9.17, 15) is 14.0 Å². The lowest BCUT2D eigenvalue weighted by Crippen LogP contribution is -2.25. The number of anilines is 1. The Balaban J connectivity index is 1.62. The van der Waals surface area contributed by atoms with Crippen LogP contribution in [0.2, 0.25) is 0 Å². The van der Waals surface area contributed by atoms with E-state index in [1.807, 2.05) is 25.1 Å². The molecule has 0 aliphatic carbocycles. The Morgan fingerprint density at radius 2 is 2.03 bits per heavy atom. The molecule has 1 heterocycles. The normalized spacial score (nSPS) is 10.6. The van der Waals surface area contributed by atoms with Gasteiger partial charge in [-0.1, -0.05) is 52.0 Å². The van der Waals surface area contributed by atoms with Crippen molar-refractivity contribution in [3.8, 4) is 0 Å². The summed E-state index contributed by atoms with van der Waals surface area (Å²) in [4.78, 5) is 24.7. The number of rotatable bonds is 9. The topological polar surface area (TPSA) is 88.9 Å². The summed E-state index contributed by atoms with van der Waals surface area (Å²) < 4.78 is 16.3. The first-order valence-electron chi connectivity index (χ1n) is 9.63. The van der Waals surface area contributed by atoms with Gasteiger partial charge in [-0.2, -0.15) is 0 Å². The number of carbonyl (C=O) groups is 2. The highest BCUT2D eigenvalue weighted by Crippen LogP contribution is 2.21. The highest BCUT2D eigenvalue weighted by molar-refractivity contribution is 9.10. The number of hydrogen-bond acceptors (Lipinski definition) is 5. The average molecular weight is 518 g/mol. The van der Waals surface area contributed by atoms with Gasteiger partial charge in [-0.3, -0.25) is 9.59 Å². The molecule has 0 saturated carbocycles. The average Bonchev–Trinajstić information content (AvgIpc) is 3.15. The molecule has 0 fully saturated rings.